The molecule has 0 fully saturated rings. The number of aliphatic carboxylic acids is 1. The molecule has 0 aromatic carbocycles. The number of primary amides is 1. The van der Waals surface area contributed by atoms with Crippen LogP contribution in [0.3, 0.4) is 0 Å². The second kappa shape index (κ2) is 15.4. The Labute approximate surface area is 193 Å². The van der Waals surface area contributed by atoms with Crippen LogP contribution in [0.15, 0.2) is 0 Å². The molecule has 10 N–H and O–H groups in total. The van der Waals surface area contributed by atoms with Gasteiger partial charge in [0.05, 0.1) is 12.5 Å². The van der Waals surface area contributed by atoms with Gasteiger partial charge in [0, 0.05) is 5.75 Å². The number of rotatable bonds is 16. The van der Waals surface area contributed by atoms with Crippen LogP contribution in [0.1, 0.15) is 46.0 Å². The van der Waals surface area contributed by atoms with Crippen molar-refractivity contribution < 1.29 is 29.1 Å². The topological polar surface area (TPSA) is 220 Å². The van der Waals surface area contributed by atoms with E-state index in [1.165, 1.54) is 0 Å². The molecule has 4 amide bonds. The number of amides is 4. The standard InChI is InChI=1S/C19H36N6O6S/c1-3-10(2)15(18(29)23-12(19(30)31)8-14(22)26)25-17(28)13(9-32)24-16(27)11(21)6-4-5-7-20/h10-13,15,32H,3-9,20-21H2,1-2H3,(H2,22,26)(H,23,29)(H,24,27)(H,25,28)(H,30,31). The molecule has 0 aliphatic carbocycles. The van der Waals surface area contributed by atoms with E-state index < -0.39 is 60.2 Å². The van der Waals surface area contributed by atoms with Crippen LogP contribution in [-0.4, -0.2) is 71.2 Å². The highest BCUT2D eigenvalue weighted by atomic mass is 32.1. The normalized spacial score (nSPS) is 15.5. The van der Waals surface area contributed by atoms with Crippen molar-refractivity contribution in [1.82, 2.24) is 16.0 Å². The van der Waals surface area contributed by atoms with Gasteiger partial charge in [0.15, 0.2) is 0 Å². The van der Waals surface area contributed by atoms with E-state index in [0.29, 0.717) is 25.8 Å². The third kappa shape index (κ3) is 10.8. The lowest BCUT2D eigenvalue weighted by Gasteiger charge is -2.27. The molecule has 0 spiro atoms. The largest absolute Gasteiger partial charge is 0.480 e. The predicted octanol–water partition coefficient (Wildman–Crippen LogP) is -2.17. The van der Waals surface area contributed by atoms with E-state index in [2.05, 4.69) is 28.6 Å². The number of thiol groups is 1. The molecule has 0 aliphatic rings. The summed E-state index contributed by atoms with van der Waals surface area (Å²) in [5.74, 6) is -4.77. The quantitative estimate of drug-likeness (QED) is 0.0902. The molecule has 0 aliphatic heterocycles. The molecule has 5 atom stereocenters. The van der Waals surface area contributed by atoms with Crippen LogP contribution in [0.2, 0.25) is 0 Å². The predicted molar refractivity (Wildman–Crippen MR) is 121 cm³/mol. The number of carboxylic acids is 1. The summed E-state index contributed by atoms with van der Waals surface area (Å²) in [6.07, 6.45) is 1.67. The van der Waals surface area contributed by atoms with Gasteiger partial charge in [0.25, 0.3) is 0 Å². The summed E-state index contributed by atoms with van der Waals surface area (Å²) in [5.41, 5.74) is 16.3. The lowest BCUT2D eigenvalue weighted by Crippen LogP contribution is -2.59. The lowest BCUT2D eigenvalue weighted by molar-refractivity contribution is -0.144. The molecule has 32 heavy (non-hydrogen) atoms. The molecule has 0 aromatic heterocycles. The Bertz CT molecular complexity index is 664. The third-order valence-corrected chi connectivity index (χ3v) is 5.30. The maximum Gasteiger partial charge on any atom is 0.326 e. The minimum absolute atomic E-state index is 0.0542. The molecule has 0 saturated carbocycles. The van der Waals surface area contributed by atoms with E-state index in [9.17, 15) is 29.1 Å². The first-order chi connectivity index (χ1) is 15.0. The van der Waals surface area contributed by atoms with Gasteiger partial charge < -0.3 is 38.3 Å². The zero-order valence-electron chi connectivity index (χ0n) is 18.5. The molecule has 0 aromatic rings. The van der Waals surface area contributed by atoms with E-state index in [1.54, 1.807) is 13.8 Å². The smallest absolute Gasteiger partial charge is 0.326 e. The average molecular weight is 477 g/mol. The molecule has 0 rings (SSSR count). The monoisotopic (exact) mass is 476 g/mol. The summed E-state index contributed by atoms with van der Waals surface area (Å²) < 4.78 is 0. The van der Waals surface area contributed by atoms with E-state index >= 15 is 0 Å². The molecule has 0 saturated heterocycles. The van der Waals surface area contributed by atoms with Gasteiger partial charge in [-0.1, -0.05) is 26.7 Å². The van der Waals surface area contributed by atoms with Gasteiger partial charge in [0.2, 0.25) is 23.6 Å². The van der Waals surface area contributed by atoms with E-state index in [-0.39, 0.29) is 11.7 Å². The molecule has 5 unspecified atom stereocenters. The number of unbranched alkanes of at least 4 members (excludes halogenated alkanes) is 1. The highest BCUT2D eigenvalue weighted by Gasteiger charge is 2.32. The number of carboxylic acid groups (broad SMARTS) is 1. The van der Waals surface area contributed by atoms with Crippen LogP contribution in [0.5, 0.6) is 0 Å². The van der Waals surface area contributed by atoms with Crippen molar-refractivity contribution in [3.8, 4) is 0 Å². The SMILES string of the molecule is CCC(C)C(NC(=O)C(CS)NC(=O)C(N)CCCCN)C(=O)NC(CC(N)=O)C(=O)O. The zero-order chi connectivity index (χ0) is 24.8. The third-order valence-electron chi connectivity index (χ3n) is 4.93. The summed E-state index contributed by atoms with van der Waals surface area (Å²) in [6, 6.07) is -4.53. The Morgan fingerprint density at radius 1 is 0.969 bits per heavy atom. The molecule has 0 bridgehead atoms. The second-order valence-electron chi connectivity index (χ2n) is 7.58. The zero-order valence-corrected chi connectivity index (χ0v) is 19.4. The average Bonchev–Trinajstić information content (AvgIpc) is 2.73. The Kier molecular flexibility index (Phi) is 14.3. The maximum absolute atomic E-state index is 12.7. The van der Waals surface area contributed by atoms with Crippen LogP contribution in [0, 0.1) is 5.92 Å². The van der Waals surface area contributed by atoms with Crippen LogP contribution in [0.4, 0.5) is 0 Å². The Morgan fingerprint density at radius 2 is 1.56 bits per heavy atom. The molecule has 0 heterocycles. The van der Waals surface area contributed by atoms with Gasteiger partial charge in [-0.3, -0.25) is 19.2 Å². The summed E-state index contributed by atoms with van der Waals surface area (Å²) in [4.78, 5) is 60.1. The van der Waals surface area contributed by atoms with Gasteiger partial charge in [-0.15, -0.1) is 0 Å². The number of hydrogen-bond acceptors (Lipinski definition) is 8. The number of carbonyl (C=O) groups excluding carboxylic acids is 4. The number of nitrogens with one attached hydrogen (secondary N) is 3. The van der Waals surface area contributed by atoms with Crippen LogP contribution in [-0.2, 0) is 24.0 Å². The van der Waals surface area contributed by atoms with Crippen molar-refractivity contribution in [3.63, 3.8) is 0 Å². The van der Waals surface area contributed by atoms with Gasteiger partial charge in [0.1, 0.15) is 18.1 Å². The highest BCUT2D eigenvalue weighted by Crippen LogP contribution is 2.10. The minimum Gasteiger partial charge on any atom is -0.480 e. The summed E-state index contributed by atoms with van der Waals surface area (Å²) in [6.45, 7) is 3.96. The molecular weight excluding hydrogens is 440 g/mol. The Morgan fingerprint density at radius 3 is 2.03 bits per heavy atom. The van der Waals surface area contributed by atoms with Crippen molar-refractivity contribution >= 4 is 42.2 Å². The van der Waals surface area contributed by atoms with Crippen LogP contribution >= 0.6 is 12.6 Å². The van der Waals surface area contributed by atoms with Crippen molar-refractivity contribution in [2.24, 2.45) is 23.1 Å². The lowest BCUT2D eigenvalue weighted by atomic mass is 9.97. The summed E-state index contributed by atoms with van der Waals surface area (Å²) in [7, 11) is 0. The maximum atomic E-state index is 12.7. The van der Waals surface area contributed by atoms with Crippen molar-refractivity contribution in [3.05, 3.63) is 0 Å². The fourth-order valence-electron chi connectivity index (χ4n) is 2.73. The van der Waals surface area contributed by atoms with Gasteiger partial charge in [-0.25, -0.2) is 4.79 Å². The fraction of sp³-hybridized carbons (Fsp3) is 0.737. The molecule has 13 heteroatoms. The molecule has 12 nitrogen and oxygen atoms in total. The van der Waals surface area contributed by atoms with Crippen molar-refractivity contribution in [1.29, 1.82) is 0 Å². The van der Waals surface area contributed by atoms with E-state index in [1.807, 2.05) is 0 Å². The van der Waals surface area contributed by atoms with Crippen LogP contribution in [0.25, 0.3) is 0 Å². The van der Waals surface area contributed by atoms with Crippen molar-refractivity contribution in [2.45, 2.75) is 70.1 Å². The summed E-state index contributed by atoms with van der Waals surface area (Å²) in [5, 5.41) is 16.5. The van der Waals surface area contributed by atoms with Gasteiger partial charge in [-0.05, 0) is 25.3 Å². The van der Waals surface area contributed by atoms with Gasteiger partial charge >= 0.3 is 5.97 Å². The Balaban J connectivity index is 5.24. The molecular formula is C19H36N6O6S. The minimum atomic E-state index is -1.53. The first-order valence-electron chi connectivity index (χ1n) is 10.5. The van der Waals surface area contributed by atoms with E-state index in [4.69, 9.17) is 17.2 Å². The second-order valence-corrected chi connectivity index (χ2v) is 7.94. The summed E-state index contributed by atoms with van der Waals surface area (Å²) >= 11 is 4.09. The number of hydrogen-bond donors (Lipinski definition) is 8. The van der Waals surface area contributed by atoms with E-state index in [0.717, 1.165) is 6.42 Å². The highest BCUT2D eigenvalue weighted by molar-refractivity contribution is 7.80. The van der Waals surface area contributed by atoms with Gasteiger partial charge in [-0.2, -0.15) is 12.6 Å². The number of nitrogens with two attached hydrogens (primary N) is 3. The fourth-order valence-corrected chi connectivity index (χ4v) is 2.99. The number of carbonyl (C=O) groups is 5. The first kappa shape index (κ1) is 29.6. The Hall–Kier alpha value is -2.38. The molecule has 0 radical (unpaired) electrons. The molecule has 184 valence electrons. The van der Waals surface area contributed by atoms with Crippen LogP contribution < -0.4 is 33.2 Å². The first-order valence-corrected chi connectivity index (χ1v) is 11.1. The van der Waals surface area contributed by atoms with Crippen molar-refractivity contribution in [2.75, 3.05) is 12.3 Å².